The first-order valence-corrected chi connectivity index (χ1v) is 10.3. The first-order valence-electron chi connectivity index (χ1n) is 8.94. The van der Waals surface area contributed by atoms with Crippen LogP contribution in [0.25, 0.3) is 5.82 Å². The molecule has 0 bridgehead atoms. The summed E-state index contributed by atoms with van der Waals surface area (Å²) >= 11 is 1.55. The molecule has 0 saturated heterocycles. The Labute approximate surface area is 173 Å². The SMILES string of the molecule is CSCCC(NC(=O)OC(C)(C)C)C(=O)Nc1c(C#N)cnn1-c1ccccn1. The van der Waals surface area contributed by atoms with Crippen LogP contribution in [0.2, 0.25) is 0 Å². The zero-order valence-corrected chi connectivity index (χ0v) is 17.6. The molecule has 10 heteroatoms. The second kappa shape index (κ2) is 9.93. The van der Waals surface area contributed by atoms with Gasteiger partial charge in [-0.3, -0.25) is 4.79 Å². The summed E-state index contributed by atoms with van der Waals surface area (Å²) in [5.74, 6) is 0.818. The molecule has 2 heterocycles. The minimum Gasteiger partial charge on any atom is -0.444 e. The molecule has 0 aromatic carbocycles. The Kier molecular flexibility index (Phi) is 7.61. The van der Waals surface area contributed by atoms with Gasteiger partial charge < -0.3 is 15.4 Å². The molecule has 0 saturated carbocycles. The highest BCUT2D eigenvalue weighted by molar-refractivity contribution is 7.98. The molecule has 2 rings (SSSR count). The highest BCUT2D eigenvalue weighted by Gasteiger charge is 2.26. The molecular formula is C19H24N6O3S. The number of nitrogens with zero attached hydrogens (tertiary/aromatic N) is 4. The van der Waals surface area contributed by atoms with Gasteiger partial charge in [-0.15, -0.1) is 0 Å². The van der Waals surface area contributed by atoms with Gasteiger partial charge in [0.05, 0.1) is 6.20 Å². The van der Waals surface area contributed by atoms with E-state index in [0.29, 0.717) is 18.0 Å². The minimum absolute atomic E-state index is 0.185. The maximum Gasteiger partial charge on any atom is 0.408 e. The second-order valence-electron chi connectivity index (χ2n) is 7.09. The number of nitriles is 1. The van der Waals surface area contributed by atoms with Gasteiger partial charge in [-0.2, -0.15) is 26.8 Å². The maximum atomic E-state index is 12.9. The maximum absolute atomic E-state index is 12.9. The van der Waals surface area contributed by atoms with Crippen LogP contribution in [0.3, 0.4) is 0 Å². The zero-order chi connectivity index (χ0) is 21.4. The molecule has 1 unspecified atom stereocenters. The Morgan fingerprint density at radius 1 is 1.38 bits per heavy atom. The number of aromatic nitrogens is 3. The number of hydrogen-bond donors (Lipinski definition) is 2. The number of nitrogens with one attached hydrogen (secondary N) is 2. The van der Waals surface area contributed by atoms with E-state index in [2.05, 4.69) is 20.7 Å². The van der Waals surface area contributed by atoms with Crippen molar-refractivity contribution in [2.45, 2.75) is 38.8 Å². The molecule has 0 aliphatic rings. The van der Waals surface area contributed by atoms with Crippen molar-refractivity contribution in [3.8, 4) is 11.9 Å². The van der Waals surface area contributed by atoms with Crippen LogP contribution >= 0.6 is 11.8 Å². The van der Waals surface area contributed by atoms with Gasteiger partial charge >= 0.3 is 6.09 Å². The molecular weight excluding hydrogens is 392 g/mol. The molecule has 0 aliphatic carbocycles. The third kappa shape index (κ3) is 6.50. The summed E-state index contributed by atoms with van der Waals surface area (Å²) in [4.78, 5) is 29.3. The van der Waals surface area contributed by atoms with Gasteiger partial charge in [-0.05, 0) is 51.3 Å². The monoisotopic (exact) mass is 416 g/mol. The molecule has 2 amide bonds. The van der Waals surface area contributed by atoms with Crippen LogP contribution < -0.4 is 10.6 Å². The van der Waals surface area contributed by atoms with Gasteiger partial charge in [0.1, 0.15) is 23.3 Å². The van der Waals surface area contributed by atoms with Crippen molar-refractivity contribution in [1.82, 2.24) is 20.1 Å². The fraction of sp³-hybridized carbons (Fsp3) is 0.421. The van der Waals surface area contributed by atoms with Crippen LogP contribution in [0.5, 0.6) is 0 Å². The Morgan fingerprint density at radius 3 is 2.72 bits per heavy atom. The van der Waals surface area contributed by atoms with Crippen molar-refractivity contribution in [2.24, 2.45) is 0 Å². The number of pyridine rings is 1. The van der Waals surface area contributed by atoms with E-state index >= 15 is 0 Å². The number of carbonyl (C=O) groups is 2. The Morgan fingerprint density at radius 2 is 2.14 bits per heavy atom. The van der Waals surface area contributed by atoms with Gasteiger partial charge in [0, 0.05) is 6.20 Å². The van der Waals surface area contributed by atoms with Crippen LogP contribution in [0.1, 0.15) is 32.8 Å². The number of ether oxygens (including phenoxy) is 1. The van der Waals surface area contributed by atoms with Crippen molar-refractivity contribution < 1.29 is 14.3 Å². The van der Waals surface area contributed by atoms with Crippen molar-refractivity contribution in [1.29, 1.82) is 5.26 Å². The summed E-state index contributed by atoms with van der Waals surface area (Å²) in [6, 6.07) is 6.39. The largest absolute Gasteiger partial charge is 0.444 e. The molecule has 154 valence electrons. The fourth-order valence-electron chi connectivity index (χ4n) is 2.36. The van der Waals surface area contributed by atoms with Gasteiger partial charge in [-0.1, -0.05) is 6.07 Å². The van der Waals surface area contributed by atoms with Crippen LogP contribution in [0.4, 0.5) is 10.6 Å². The van der Waals surface area contributed by atoms with Gasteiger partial charge in [0.15, 0.2) is 11.6 Å². The van der Waals surface area contributed by atoms with E-state index in [1.807, 2.05) is 12.3 Å². The first kappa shape index (κ1) is 22.2. The number of hydrogen-bond acceptors (Lipinski definition) is 7. The topological polar surface area (TPSA) is 122 Å². The van der Waals surface area contributed by atoms with Crippen LogP contribution in [-0.2, 0) is 9.53 Å². The van der Waals surface area contributed by atoms with Crippen LogP contribution in [0, 0.1) is 11.3 Å². The molecule has 2 N–H and O–H groups in total. The van der Waals surface area contributed by atoms with Crippen LogP contribution in [0.15, 0.2) is 30.6 Å². The lowest BCUT2D eigenvalue weighted by atomic mass is 10.2. The second-order valence-corrected chi connectivity index (χ2v) is 8.07. The van der Waals surface area contributed by atoms with Crippen molar-refractivity contribution in [2.75, 3.05) is 17.3 Å². The van der Waals surface area contributed by atoms with Gasteiger partial charge in [-0.25, -0.2) is 9.78 Å². The average Bonchev–Trinajstić information content (AvgIpc) is 3.06. The summed E-state index contributed by atoms with van der Waals surface area (Å²) in [7, 11) is 0. The predicted octanol–water partition coefficient (Wildman–Crippen LogP) is 2.72. The Hall–Kier alpha value is -3.06. The third-order valence-corrected chi connectivity index (χ3v) is 4.26. The number of thioether (sulfide) groups is 1. The summed E-state index contributed by atoms with van der Waals surface area (Å²) in [5.41, 5.74) is -0.499. The molecule has 0 aliphatic heterocycles. The lowest BCUT2D eigenvalue weighted by molar-refractivity contribution is -0.118. The number of alkyl carbamates (subject to hydrolysis) is 1. The average molecular weight is 417 g/mol. The van der Waals surface area contributed by atoms with Crippen molar-refractivity contribution >= 4 is 29.6 Å². The Balaban J connectivity index is 2.24. The highest BCUT2D eigenvalue weighted by atomic mass is 32.2. The molecule has 1 atom stereocenters. The van der Waals surface area contributed by atoms with E-state index in [1.54, 1.807) is 56.9 Å². The van der Waals surface area contributed by atoms with Crippen LogP contribution in [-0.4, -0.2) is 50.4 Å². The van der Waals surface area contributed by atoms with E-state index in [9.17, 15) is 14.9 Å². The van der Waals surface area contributed by atoms with E-state index in [4.69, 9.17) is 4.74 Å². The number of rotatable bonds is 7. The van der Waals surface area contributed by atoms with Gasteiger partial charge in [0.25, 0.3) is 0 Å². The molecule has 29 heavy (non-hydrogen) atoms. The summed E-state index contributed by atoms with van der Waals surface area (Å²) in [6.07, 6.45) is 4.55. The van der Waals surface area contributed by atoms with E-state index in [0.717, 1.165) is 0 Å². The summed E-state index contributed by atoms with van der Waals surface area (Å²) in [6.45, 7) is 5.23. The predicted molar refractivity (Wildman–Crippen MR) is 111 cm³/mol. The number of amides is 2. The standard InChI is InChI=1S/C19H24N6O3S/c1-19(2,3)28-18(27)23-14(8-10-29-4)17(26)24-16-13(11-20)12-22-25(16)15-7-5-6-9-21-15/h5-7,9,12,14H,8,10H2,1-4H3,(H,23,27)(H,24,26). The quantitative estimate of drug-likeness (QED) is 0.711. The van der Waals surface area contributed by atoms with E-state index < -0.39 is 23.6 Å². The molecule has 0 radical (unpaired) electrons. The molecule has 0 fully saturated rings. The Bertz CT molecular complexity index is 886. The van der Waals surface area contributed by atoms with Gasteiger partial charge in [0.2, 0.25) is 5.91 Å². The molecule has 2 aromatic rings. The number of carbonyl (C=O) groups excluding carboxylic acids is 2. The highest BCUT2D eigenvalue weighted by Crippen LogP contribution is 2.19. The van der Waals surface area contributed by atoms with Crippen molar-refractivity contribution in [3.63, 3.8) is 0 Å². The minimum atomic E-state index is -0.837. The zero-order valence-electron chi connectivity index (χ0n) is 16.8. The van der Waals surface area contributed by atoms with Crippen molar-refractivity contribution in [3.05, 3.63) is 36.2 Å². The third-order valence-electron chi connectivity index (χ3n) is 3.62. The summed E-state index contributed by atoms with van der Waals surface area (Å²) < 4.78 is 6.63. The lowest BCUT2D eigenvalue weighted by Gasteiger charge is -2.23. The van der Waals surface area contributed by atoms with E-state index in [1.165, 1.54) is 10.9 Å². The molecule has 2 aromatic heterocycles. The fourth-order valence-corrected chi connectivity index (χ4v) is 2.83. The smallest absolute Gasteiger partial charge is 0.408 e. The first-order chi connectivity index (χ1) is 13.7. The van der Waals surface area contributed by atoms with E-state index in [-0.39, 0.29) is 11.4 Å². The molecule has 0 spiro atoms. The molecule has 9 nitrogen and oxygen atoms in total. The lowest BCUT2D eigenvalue weighted by Crippen LogP contribution is -2.46. The number of anilines is 1. The summed E-state index contributed by atoms with van der Waals surface area (Å²) in [5, 5.41) is 18.8. The normalized spacial score (nSPS) is 12.0.